The van der Waals surface area contributed by atoms with Gasteiger partial charge in [0.2, 0.25) is 0 Å². The zero-order valence-corrected chi connectivity index (χ0v) is 12.7. The van der Waals surface area contributed by atoms with Gasteiger partial charge in [-0.3, -0.25) is 0 Å². The molecule has 0 aliphatic heterocycles. The van der Waals surface area contributed by atoms with E-state index in [0.29, 0.717) is 23.9 Å². The summed E-state index contributed by atoms with van der Waals surface area (Å²) in [5.74, 6) is 1.08. The molecule has 1 N–H and O–H groups in total. The fourth-order valence-electron chi connectivity index (χ4n) is 2.76. The van der Waals surface area contributed by atoms with Crippen LogP contribution in [0, 0.1) is 17.3 Å². The van der Waals surface area contributed by atoms with Crippen molar-refractivity contribution < 1.29 is 5.11 Å². The van der Waals surface area contributed by atoms with Gasteiger partial charge in [0.25, 0.3) is 0 Å². The van der Waals surface area contributed by atoms with Crippen molar-refractivity contribution in [3.05, 3.63) is 12.2 Å². The van der Waals surface area contributed by atoms with Crippen LogP contribution >= 0.6 is 0 Å². The van der Waals surface area contributed by atoms with Crippen LogP contribution in [0.1, 0.15) is 27.2 Å². The van der Waals surface area contributed by atoms with Crippen LogP contribution in [0.4, 0.5) is 0 Å². The van der Waals surface area contributed by atoms with E-state index in [2.05, 4.69) is 52.6 Å². The molecule has 0 aromatic heterocycles. The Morgan fingerprint density at radius 3 is 2.12 bits per heavy atom. The summed E-state index contributed by atoms with van der Waals surface area (Å²) in [6.45, 7) is 14.6. The summed E-state index contributed by atoms with van der Waals surface area (Å²) in [7, 11) is -1.17. The van der Waals surface area contributed by atoms with Crippen molar-refractivity contribution in [2.75, 3.05) is 6.61 Å². The van der Waals surface area contributed by atoms with E-state index >= 15 is 0 Å². The fourth-order valence-corrected chi connectivity index (χ4v) is 5.23. The molecule has 0 spiro atoms. The molecule has 1 rings (SSSR count). The first-order chi connectivity index (χ1) is 7.16. The molecule has 0 heterocycles. The second kappa shape index (κ2) is 4.65. The maximum Gasteiger partial charge on any atom is 0.0493 e. The second-order valence-corrected chi connectivity index (χ2v) is 12.9. The molecule has 1 aliphatic carbocycles. The predicted molar refractivity (Wildman–Crippen MR) is 74.4 cm³/mol. The molecule has 2 heteroatoms. The highest BCUT2D eigenvalue weighted by Crippen LogP contribution is 2.45. The molecular formula is C14H28OSi. The molecule has 0 saturated carbocycles. The molecule has 3 atom stereocenters. The Balaban J connectivity index is 2.89. The number of hydrogen-bond donors (Lipinski definition) is 1. The average molecular weight is 240 g/mol. The van der Waals surface area contributed by atoms with E-state index in [9.17, 15) is 5.11 Å². The van der Waals surface area contributed by atoms with Gasteiger partial charge in [0.05, 0.1) is 0 Å². The normalized spacial score (nSPS) is 31.8. The van der Waals surface area contributed by atoms with Crippen molar-refractivity contribution in [1.82, 2.24) is 0 Å². The smallest absolute Gasteiger partial charge is 0.0493 e. The molecule has 0 fully saturated rings. The first kappa shape index (κ1) is 14.0. The Morgan fingerprint density at radius 1 is 1.19 bits per heavy atom. The van der Waals surface area contributed by atoms with Crippen LogP contribution in [0.2, 0.25) is 25.2 Å². The Kier molecular flexibility index (Phi) is 4.07. The molecule has 0 saturated heterocycles. The molecule has 0 amide bonds. The third-order valence-corrected chi connectivity index (χ3v) is 6.94. The molecule has 1 aliphatic rings. The average Bonchev–Trinajstić information content (AvgIpc) is 2.14. The van der Waals surface area contributed by atoms with Crippen LogP contribution in [-0.4, -0.2) is 19.8 Å². The van der Waals surface area contributed by atoms with Crippen LogP contribution in [0.25, 0.3) is 0 Å². The molecule has 94 valence electrons. The quantitative estimate of drug-likeness (QED) is 0.573. The summed E-state index contributed by atoms with van der Waals surface area (Å²) < 4.78 is 0. The van der Waals surface area contributed by atoms with Crippen molar-refractivity contribution in [3.8, 4) is 0 Å². The molecule has 1 unspecified atom stereocenters. The first-order valence-corrected chi connectivity index (χ1v) is 10.0. The molecule has 1 nitrogen and oxygen atoms in total. The lowest BCUT2D eigenvalue weighted by molar-refractivity contribution is 0.202. The standard InChI is InChI=1S/C14H28OSi/c1-14(2,3)12-8-7-11(10-15)13(9-12)16(4,5)6/h7-8,11-13,15H,9-10H2,1-6H3/t11-,12-,13?/m1/s1. The summed E-state index contributed by atoms with van der Waals surface area (Å²) in [6.07, 6.45) is 5.89. The Hall–Kier alpha value is -0.0831. The van der Waals surface area contributed by atoms with Crippen LogP contribution in [0.3, 0.4) is 0 Å². The minimum atomic E-state index is -1.17. The van der Waals surface area contributed by atoms with Gasteiger partial charge in [-0.05, 0) is 23.3 Å². The molecule has 0 aromatic rings. The second-order valence-electron chi connectivity index (χ2n) is 7.41. The lowest BCUT2D eigenvalue weighted by atomic mass is 9.73. The SMILES string of the molecule is CC(C)(C)[C@@H]1C=C[C@H](CO)C([Si](C)(C)C)C1. The fraction of sp³-hybridized carbons (Fsp3) is 0.857. The third-order valence-electron chi connectivity index (χ3n) is 4.05. The minimum absolute atomic E-state index is 0.322. The third kappa shape index (κ3) is 3.20. The van der Waals surface area contributed by atoms with Gasteiger partial charge in [0.1, 0.15) is 0 Å². The van der Waals surface area contributed by atoms with Gasteiger partial charge in [-0.1, -0.05) is 52.6 Å². The summed E-state index contributed by atoms with van der Waals surface area (Å²) in [6, 6.07) is 0. The van der Waals surface area contributed by atoms with Gasteiger partial charge >= 0.3 is 0 Å². The topological polar surface area (TPSA) is 20.2 Å². The highest BCUT2D eigenvalue weighted by Gasteiger charge is 2.38. The van der Waals surface area contributed by atoms with Crippen molar-refractivity contribution in [1.29, 1.82) is 0 Å². The predicted octanol–water partition coefficient (Wildman–Crippen LogP) is 3.93. The molecule has 0 radical (unpaired) electrons. The lowest BCUT2D eigenvalue weighted by Gasteiger charge is -2.42. The number of hydrogen-bond acceptors (Lipinski definition) is 1. The maximum absolute atomic E-state index is 9.48. The van der Waals surface area contributed by atoms with Crippen LogP contribution < -0.4 is 0 Å². The molecule has 0 aromatic carbocycles. The first-order valence-electron chi connectivity index (χ1n) is 6.45. The van der Waals surface area contributed by atoms with Crippen molar-refractivity contribution >= 4 is 8.07 Å². The van der Waals surface area contributed by atoms with Crippen LogP contribution in [0.5, 0.6) is 0 Å². The van der Waals surface area contributed by atoms with E-state index in [1.54, 1.807) is 0 Å². The van der Waals surface area contributed by atoms with Crippen LogP contribution in [-0.2, 0) is 0 Å². The summed E-state index contributed by atoms with van der Waals surface area (Å²) in [4.78, 5) is 0. The molecular weight excluding hydrogens is 212 g/mol. The summed E-state index contributed by atoms with van der Waals surface area (Å²) in [5.41, 5.74) is 1.08. The van der Waals surface area contributed by atoms with Gasteiger partial charge in [0, 0.05) is 20.6 Å². The number of allylic oxidation sites excluding steroid dienone is 1. The van der Waals surface area contributed by atoms with E-state index < -0.39 is 8.07 Å². The Morgan fingerprint density at radius 2 is 1.75 bits per heavy atom. The van der Waals surface area contributed by atoms with Crippen molar-refractivity contribution in [2.45, 2.75) is 52.4 Å². The summed E-state index contributed by atoms with van der Waals surface area (Å²) >= 11 is 0. The van der Waals surface area contributed by atoms with E-state index in [1.807, 2.05) is 0 Å². The van der Waals surface area contributed by atoms with Crippen LogP contribution in [0.15, 0.2) is 12.2 Å². The zero-order valence-electron chi connectivity index (χ0n) is 11.7. The number of aliphatic hydroxyl groups excluding tert-OH is 1. The van der Waals surface area contributed by atoms with Gasteiger partial charge in [-0.15, -0.1) is 0 Å². The van der Waals surface area contributed by atoms with E-state index in [0.717, 1.165) is 5.54 Å². The molecule has 0 bridgehead atoms. The van der Waals surface area contributed by atoms with E-state index in [1.165, 1.54) is 6.42 Å². The van der Waals surface area contributed by atoms with Gasteiger partial charge < -0.3 is 5.11 Å². The van der Waals surface area contributed by atoms with Gasteiger partial charge in [-0.2, -0.15) is 0 Å². The largest absolute Gasteiger partial charge is 0.396 e. The lowest BCUT2D eigenvalue weighted by Crippen LogP contribution is -2.39. The monoisotopic (exact) mass is 240 g/mol. The summed E-state index contributed by atoms with van der Waals surface area (Å²) in [5, 5.41) is 9.48. The zero-order chi connectivity index (χ0) is 12.6. The van der Waals surface area contributed by atoms with Gasteiger partial charge in [0.15, 0.2) is 0 Å². The Bertz CT molecular complexity index is 257. The minimum Gasteiger partial charge on any atom is -0.396 e. The van der Waals surface area contributed by atoms with Gasteiger partial charge in [-0.25, -0.2) is 0 Å². The highest BCUT2D eigenvalue weighted by molar-refractivity contribution is 6.77. The maximum atomic E-state index is 9.48. The van der Waals surface area contributed by atoms with Crippen molar-refractivity contribution in [3.63, 3.8) is 0 Å². The van der Waals surface area contributed by atoms with E-state index in [-0.39, 0.29) is 0 Å². The van der Waals surface area contributed by atoms with Crippen molar-refractivity contribution in [2.24, 2.45) is 17.3 Å². The number of rotatable bonds is 2. The Labute approximate surface area is 102 Å². The molecule has 16 heavy (non-hydrogen) atoms. The highest BCUT2D eigenvalue weighted by atomic mass is 28.3. The van der Waals surface area contributed by atoms with E-state index in [4.69, 9.17) is 0 Å². The number of aliphatic hydroxyl groups is 1.